The molecular formula is C20H26N2O4. The van der Waals surface area contributed by atoms with E-state index in [1.807, 2.05) is 28.0 Å². The van der Waals surface area contributed by atoms with Crippen molar-refractivity contribution in [1.82, 2.24) is 9.80 Å². The number of ether oxygens (including phenoxy) is 2. The lowest BCUT2D eigenvalue weighted by atomic mass is 10.0. The van der Waals surface area contributed by atoms with Gasteiger partial charge in [0.25, 0.3) is 5.91 Å². The van der Waals surface area contributed by atoms with Gasteiger partial charge < -0.3 is 19.3 Å². The van der Waals surface area contributed by atoms with Crippen LogP contribution in [0.15, 0.2) is 18.2 Å². The second-order valence-corrected chi connectivity index (χ2v) is 7.32. The Morgan fingerprint density at radius 3 is 2.46 bits per heavy atom. The van der Waals surface area contributed by atoms with Crippen molar-refractivity contribution in [3.05, 3.63) is 29.3 Å². The number of carbonyl (C=O) groups excluding carboxylic acids is 2. The highest BCUT2D eigenvalue weighted by Crippen LogP contribution is 2.30. The molecule has 0 N–H and O–H groups in total. The molecule has 1 aromatic rings. The standard InChI is InChI=1S/C20H26N2O4/c23-19(15-3-1-2-4-15)22-9-12-26-18-6-5-16(13-17(18)14-22)20(24)21-7-10-25-11-8-21/h5-6,13,15H,1-4,7-12,14H2. The largest absolute Gasteiger partial charge is 0.491 e. The molecule has 2 heterocycles. The van der Waals surface area contributed by atoms with Crippen molar-refractivity contribution in [2.75, 3.05) is 39.5 Å². The minimum absolute atomic E-state index is 0.0222. The molecule has 0 spiro atoms. The molecule has 3 aliphatic rings. The summed E-state index contributed by atoms with van der Waals surface area (Å²) in [6.45, 7) is 4.05. The van der Waals surface area contributed by atoms with Crippen LogP contribution in [0, 0.1) is 5.92 Å². The molecule has 2 aliphatic heterocycles. The van der Waals surface area contributed by atoms with Crippen LogP contribution in [-0.4, -0.2) is 61.1 Å². The predicted molar refractivity (Wildman–Crippen MR) is 96.0 cm³/mol. The van der Waals surface area contributed by atoms with E-state index >= 15 is 0 Å². The maximum absolute atomic E-state index is 12.8. The number of fused-ring (bicyclic) bond motifs is 1. The number of hydrogen-bond acceptors (Lipinski definition) is 4. The third-order valence-corrected chi connectivity index (χ3v) is 5.60. The number of benzene rings is 1. The molecule has 0 atom stereocenters. The lowest BCUT2D eigenvalue weighted by Gasteiger charge is -2.27. The summed E-state index contributed by atoms with van der Waals surface area (Å²) in [5.74, 6) is 1.21. The van der Waals surface area contributed by atoms with Crippen LogP contribution in [-0.2, 0) is 16.1 Å². The van der Waals surface area contributed by atoms with Crippen molar-refractivity contribution >= 4 is 11.8 Å². The lowest BCUT2D eigenvalue weighted by molar-refractivity contribution is -0.136. The van der Waals surface area contributed by atoms with Gasteiger partial charge in [-0.25, -0.2) is 0 Å². The van der Waals surface area contributed by atoms with Crippen LogP contribution in [0.4, 0.5) is 0 Å². The Morgan fingerprint density at radius 2 is 1.69 bits per heavy atom. The molecule has 26 heavy (non-hydrogen) atoms. The maximum atomic E-state index is 12.8. The molecule has 6 heteroatoms. The maximum Gasteiger partial charge on any atom is 0.254 e. The van der Waals surface area contributed by atoms with Crippen LogP contribution in [0.25, 0.3) is 0 Å². The fourth-order valence-electron chi connectivity index (χ4n) is 4.10. The molecule has 0 bridgehead atoms. The van der Waals surface area contributed by atoms with E-state index in [4.69, 9.17) is 9.47 Å². The number of rotatable bonds is 2. The minimum Gasteiger partial charge on any atom is -0.491 e. The van der Waals surface area contributed by atoms with Crippen LogP contribution in [0.5, 0.6) is 5.75 Å². The lowest BCUT2D eigenvalue weighted by Crippen LogP contribution is -2.40. The van der Waals surface area contributed by atoms with Gasteiger partial charge >= 0.3 is 0 Å². The number of hydrogen-bond donors (Lipinski definition) is 0. The summed E-state index contributed by atoms with van der Waals surface area (Å²) in [7, 11) is 0. The first-order valence-electron chi connectivity index (χ1n) is 9.64. The van der Waals surface area contributed by atoms with Crippen molar-refractivity contribution in [3.63, 3.8) is 0 Å². The van der Waals surface area contributed by atoms with Gasteiger partial charge in [-0.15, -0.1) is 0 Å². The van der Waals surface area contributed by atoms with Crippen molar-refractivity contribution in [2.24, 2.45) is 5.92 Å². The first-order valence-corrected chi connectivity index (χ1v) is 9.64. The molecule has 1 aliphatic carbocycles. The van der Waals surface area contributed by atoms with Crippen molar-refractivity contribution in [1.29, 1.82) is 0 Å². The number of morpholine rings is 1. The Hall–Kier alpha value is -2.08. The van der Waals surface area contributed by atoms with Crippen LogP contribution in [0.1, 0.15) is 41.6 Å². The van der Waals surface area contributed by atoms with Crippen molar-refractivity contribution in [2.45, 2.75) is 32.2 Å². The van der Waals surface area contributed by atoms with Gasteiger partial charge in [0, 0.05) is 36.7 Å². The molecule has 2 amide bonds. The van der Waals surface area contributed by atoms with Gasteiger partial charge in [-0.3, -0.25) is 9.59 Å². The Morgan fingerprint density at radius 1 is 0.962 bits per heavy atom. The molecule has 4 rings (SSSR count). The third kappa shape index (κ3) is 3.56. The Labute approximate surface area is 154 Å². The summed E-state index contributed by atoms with van der Waals surface area (Å²) in [6, 6.07) is 5.59. The molecule has 1 saturated carbocycles. The summed E-state index contributed by atoms with van der Waals surface area (Å²) >= 11 is 0. The van der Waals surface area contributed by atoms with E-state index in [1.165, 1.54) is 0 Å². The third-order valence-electron chi connectivity index (χ3n) is 5.60. The molecule has 0 radical (unpaired) electrons. The average molecular weight is 358 g/mol. The Bertz CT molecular complexity index is 678. The first kappa shape index (κ1) is 17.3. The van der Waals surface area contributed by atoms with Gasteiger partial charge in [-0.1, -0.05) is 12.8 Å². The van der Waals surface area contributed by atoms with Gasteiger partial charge in [0.2, 0.25) is 5.91 Å². The quantitative estimate of drug-likeness (QED) is 0.812. The molecule has 0 aromatic heterocycles. The van der Waals surface area contributed by atoms with Gasteiger partial charge in [0.15, 0.2) is 0 Å². The zero-order valence-corrected chi connectivity index (χ0v) is 15.1. The van der Waals surface area contributed by atoms with E-state index in [0.717, 1.165) is 37.0 Å². The molecule has 1 aromatic carbocycles. The minimum atomic E-state index is 0.0222. The number of nitrogens with zero attached hydrogens (tertiary/aromatic N) is 2. The summed E-state index contributed by atoms with van der Waals surface area (Å²) in [5.41, 5.74) is 1.58. The van der Waals surface area contributed by atoms with E-state index in [9.17, 15) is 9.59 Å². The SMILES string of the molecule is O=C(c1ccc2c(c1)CN(C(=O)C1CCCC1)CCO2)N1CCOCC1. The van der Waals surface area contributed by atoms with Crippen LogP contribution in [0.2, 0.25) is 0 Å². The normalized spacial score (nSPS) is 21.1. The fourth-order valence-corrected chi connectivity index (χ4v) is 4.10. The highest BCUT2D eigenvalue weighted by Gasteiger charge is 2.29. The van der Waals surface area contributed by atoms with Gasteiger partial charge in [0.1, 0.15) is 12.4 Å². The van der Waals surface area contributed by atoms with E-state index in [0.29, 0.717) is 51.6 Å². The number of carbonyl (C=O) groups is 2. The highest BCUT2D eigenvalue weighted by molar-refractivity contribution is 5.94. The zero-order valence-electron chi connectivity index (χ0n) is 15.1. The smallest absolute Gasteiger partial charge is 0.254 e. The van der Waals surface area contributed by atoms with Crippen LogP contribution < -0.4 is 4.74 Å². The molecule has 1 saturated heterocycles. The van der Waals surface area contributed by atoms with E-state index in [-0.39, 0.29) is 17.7 Å². The van der Waals surface area contributed by atoms with Gasteiger partial charge in [-0.05, 0) is 31.0 Å². The van der Waals surface area contributed by atoms with Crippen molar-refractivity contribution in [3.8, 4) is 5.75 Å². The number of amides is 2. The summed E-state index contributed by atoms with van der Waals surface area (Å²) in [5, 5.41) is 0. The van der Waals surface area contributed by atoms with Crippen LogP contribution >= 0.6 is 0 Å². The average Bonchev–Trinajstić information content (AvgIpc) is 3.14. The van der Waals surface area contributed by atoms with Crippen LogP contribution in [0.3, 0.4) is 0 Å². The van der Waals surface area contributed by atoms with Crippen molar-refractivity contribution < 1.29 is 19.1 Å². The molecule has 140 valence electrons. The second kappa shape index (κ2) is 7.66. The van der Waals surface area contributed by atoms with E-state index < -0.39 is 0 Å². The highest BCUT2D eigenvalue weighted by atomic mass is 16.5. The Balaban J connectivity index is 1.52. The van der Waals surface area contributed by atoms with Gasteiger partial charge in [0.05, 0.1) is 19.8 Å². The summed E-state index contributed by atoms with van der Waals surface area (Å²) in [4.78, 5) is 29.3. The monoisotopic (exact) mass is 358 g/mol. The van der Waals surface area contributed by atoms with E-state index in [1.54, 1.807) is 0 Å². The molecular weight excluding hydrogens is 332 g/mol. The summed E-state index contributed by atoms with van der Waals surface area (Å²) < 4.78 is 11.2. The van der Waals surface area contributed by atoms with E-state index in [2.05, 4.69) is 0 Å². The second-order valence-electron chi connectivity index (χ2n) is 7.32. The van der Waals surface area contributed by atoms with Gasteiger partial charge in [-0.2, -0.15) is 0 Å². The predicted octanol–water partition coefficient (Wildman–Crippen LogP) is 2.07. The Kier molecular flexibility index (Phi) is 5.11. The molecule has 2 fully saturated rings. The summed E-state index contributed by atoms with van der Waals surface area (Å²) in [6.07, 6.45) is 4.29. The molecule has 0 unspecified atom stereocenters. The fraction of sp³-hybridized carbons (Fsp3) is 0.600. The topological polar surface area (TPSA) is 59.1 Å². The first-order chi connectivity index (χ1) is 12.7. The molecule has 6 nitrogen and oxygen atoms in total. The zero-order chi connectivity index (χ0) is 17.9.